The highest BCUT2D eigenvalue weighted by molar-refractivity contribution is 5.52. The summed E-state index contributed by atoms with van der Waals surface area (Å²) < 4.78 is 0. The molecule has 1 aromatic carbocycles. The Morgan fingerprint density at radius 1 is 1.29 bits per heavy atom. The van der Waals surface area contributed by atoms with E-state index in [2.05, 4.69) is 23.6 Å². The number of nitro groups is 1. The molecule has 0 aliphatic heterocycles. The molecule has 0 aromatic heterocycles. The lowest BCUT2D eigenvalue weighted by Crippen LogP contribution is -2.34. The second-order valence-electron chi connectivity index (χ2n) is 6.07. The third kappa shape index (κ3) is 6.10. The number of hydrogen-bond acceptors (Lipinski definition) is 5. The summed E-state index contributed by atoms with van der Waals surface area (Å²) in [4.78, 5) is 14.9. The Hall–Kier alpha value is -1.66. The number of nitro benzene ring substituents is 1. The van der Waals surface area contributed by atoms with E-state index in [1.165, 1.54) is 6.07 Å². The quantitative estimate of drug-likeness (QED) is 0.452. The molecule has 0 radical (unpaired) electrons. The first kappa shape index (κ1) is 17.4. The van der Waals surface area contributed by atoms with Crippen LogP contribution in [0.3, 0.4) is 0 Å². The molecular formula is C15H26N4O2. The van der Waals surface area contributed by atoms with Gasteiger partial charge < -0.3 is 10.6 Å². The zero-order chi connectivity index (χ0) is 16.0. The van der Waals surface area contributed by atoms with Crippen molar-refractivity contribution in [3.8, 4) is 0 Å². The molecule has 0 aliphatic rings. The Bertz CT molecular complexity index is 475. The van der Waals surface area contributed by atoms with Crippen LogP contribution >= 0.6 is 0 Å². The van der Waals surface area contributed by atoms with Crippen LogP contribution in [-0.4, -0.2) is 48.5 Å². The molecule has 0 atom stereocenters. The molecule has 0 heterocycles. The summed E-state index contributed by atoms with van der Waals surface area (Å²) in [5.74, 6) is 0.534. The SMILES string of the molecule is CC(C)CN(CCN(C)C)Cc1cc([N+](=O)[O-])ccc1N. The fourth-order valence-electron chi connectivity index (χ4n) is 2.18. The van der Waals surface area contributed by atoms with Crippen molar-refractivity contribution in [3.63, 3.8) is 0 Å². The van der Waals surface area contributed by atoms with E-state index < -0.39 is 0 Å². The third-order valence-electron chi connectivity index (χ3n) is 3.22. The van der Waals surface area contributed by atoms with E-state index in [0.29, 0.717) is 18.2 Å². The number of non-ortho nitro benzene ring substituents is 1. The number of rotatable bonds is 8. The van der Waals surface area contributed by atoms with Crippen LogP contribution < -0.4 is 5.73 Å². The van der Waals surface area contributed by atoms with Crippen molar-refractivity contribution in [3.05, 3.63) is 33.9 Å². The van der Waals surface area contributed by atoms with Crippen LogP contribution in [0.1, 0.15) is 19.4 Å². The molecule has 0 spiro atoms. The van der Waals surface area contributed by atoms with Gasteiger partial charge in [-0.1, -0.05) is 13.8 Å². The van der Waals surface area contributed by atoms with Gasteiger partial charge in [-0.25, -0.2) is 0 Å². The number of hydrogen-bond donors (Lipinski definition) is 1. The van der Waals surface area contributed by atoms with Gasteiger partial charge in [0.05, 0.1) is 4.92 Å². The Kier molecular flexibility index (Phi) is 6.58. The normalized spacial score (nSPS) is 11.6. The number of nitrogen functional groups attached to an aromatic ring is 1. The smallest absolute Gasteiger partial charge is 0.269 e. The topological polar surface area (TPSA) is 75.6 Å². The molecule has 0 saturated heterocycles. The van der Waals surface area contributed by atoms with Gasteiger partial charge in [-0.05, 0) is 31.6 Å². The molecule has 118 valence electrons. The van der Waals surface area contributed by atoms with Gasteiger partial charge >= 0.3 is 0 Å². The summed E-state index contributed by atoms with van der Waals surface area (Å²) in [6.45, 7) is 7.77. The lowest BCUT2D eigenvalue weighted by Gasteiger charge is -2.26. The van der Waals surface area contributed by atoms with Crippen molar-refractivity contribution in [1.82, 2.24) is 9.80 Å². The van der Waals surface area contributed by atoms with Crippen molar-refractivity contribution in [1.29, 1.82) is 0 Å². The monoisotopic (exact) mass is 294 g/mol. The van der Waals surface area contributed by atoms with Crippen molar-refractivity contribution in [2.75, 3.05) is 39.5 Å². The van der Waals surface area contributed by atoms with E-state index in [0.717, 1.165) is 25.2 Å². The van der Waals surface area contributed by atoms with E-state index in [4.69, 9.17) is 5.73 Å². The van der Waals surface area contributed by atoms with Crippen LogP contribution in [0.4, 0.5) is 11.4 Å². The Morgan fingerprint density at radius 3 is 2.48 bits per heavy atom. The average Bonchev–Trinajstić information content (AvgIpc) is 2.37. The fourth-order valence-corrected chi connectivity index (χ4v) is 2.18. The van der Waals surface area contributed by atoms with Gasteiger partial charge in [0.25, 0.3) is 5.69 Å². The molecule has 1 aromatic rings. The van der Waals surface area contributed by atoms with Crippen LogP contribution in [-0.2, 0) is 6.54 Å². The lowest BCUT2D eigenvalue weighted by molar-refractivity contribution is -0.384. The number of benzene rings is 1. The number of likely N-dealkylation sites (N-methyl/N-ethyl adjacent to an activating group) is 1. The number of nitrogens with zero attached hydrogens (tertiary/aromatic N) is 3. The minimum Gasteiger partial charge on any atom is -0.398 e. The maximum absolute atomic E-state index is 10.9. The molecule has 1 rings (SSSR count). The van der Waals surface area contributed by atoms with Gasteiger partial charge in [0.1, 0.15) is 0 Å². The van der Waals surface area contributed by atoms with Crippen molar-refractivity contribution < 1.29 is 4.92 Å². The highest BCUT2D eigenvalue weighted by Gasteiger charge is 2.14. The average molecular weight is 294 g/mol. The molecule has 0 unspecified atom stereocenters. The van der Waals surface area contributed by atoms with Gasteiger partial charge in [0, 0.05) is 44.0 Å². The second kappa shape index (κ2) is 7.95. The minimum absolute atomic E-state index is 0.0938. The lowest BCUT2D eigenvalue weighted by atomic mass is 10.1. The Labute approximate surface area is 126 Å². The summed E-state index contributed by atoms with van der Waals surface area (Å²) in [5.41, 5.74) is 7.49. The largest absolute Gasteiger partial charge is 0.398 e. The van der Waals surface area contributed by atoms with Gasteiger partial charge in [-0.3, -0.25) is 15.0 Å². The highest BCUT2D eigenvalue weighted by atomic mass is 16.6. The van der Waals surface area contributed by atoms with E-state index in [-0.39, 0.29) is 10.6 Å². The predicted molar refractivity (Wildman–Crippen MR) is 86.2 cm³/mol. The molecule has 0 amide bonds. The molecule has 21 heavy (non-hydrogen) atoms. The van der Waals surface area contributed by atoms with Crippen molar-refractivity contribution >= 4 is 11.4 Å². The minimum atomic E-state index is -0.379. The maximum Gasteiger partial charge on any atom is 0.269 e. The molecule has 6 heteroatoms. The fraction of sp³-hybridized carbons (Fsp3) is 0.600. The second-order valence-corrected chi connectivity index (χ2v) is 6.07. The number of anilines is 1. The van der Waals surface area contributed by atoms with Gasteiger partial charge in [0.15, 0.2) is 0 Å². The standard InChI is InChI=1S/C15H26N4O2/c1-12(2)10-18(8-7-17(3)4)11-13-9-14(19(20)21)5-6-15(13)16/h5-6,9,12H,7-8,10-11,16H2,1-4H3. The summed E-state index contributed by atoms with van der Waals surface area (Å²) >= 11 is 0. The Morgan fingerprint density at radius 2 is 1.95 bits per heavy atom. The van der Waals surface area contributed by atoms with Crippen LogP contribution in [0.2, 0.25) is 0 Å². The summed E-state index contributed by atoms with van der Waals surface area (Å²) in [5, 5.41) is 10.9. The van der Waals surface area contributed by atoms with Crippen LogP contribution in [0.15, 0.2) is 18.2 Å². The van der Waals surface area contributed by atoms with Gasteiger partial charge in [-0.15, -0.1) is 0 Å². The molecule has 0 fully saturated rings. The molecule has 6 nitrogen and oxygen atoms in total. The van der Waals surface area contributed by atoms with Gasteiger partial charge in [-0.2, -0.15) is 0 Å². The van der Waals surface area contributed by atoms with Gasteiger partial charge in [0.2, 0.25) is 0 Å². The zero-order valence-corrected chi connectivity index (χ0v) is 13.4. The van der Waals surface area contributed by atoms with Crippen molar-refractivity contribution in [2.45, 2.75) is 20.4 Å². The maximum atomic E-state index is 10.9. The molecule has 0 saturated carbocycles. The molecule has 0 aliphatic carbocycles. The van der Waals surface area contributed by atoms with Crippen LogP contribution in [0.5, 0.6) is 0 Å². The molecular weight excluding hydrogens is 268 g/mol. The number of nitrogens with two attached hydrogens (primary N) is 1. The summed E-state index contributed by atoms with van der Waals surface area (Å²) in [6.07, 6.45) is 0. The van der Waals surface area contributed by atoms with Crippen LogP contribution in [0.25, 0.3) is 0 Å². The summed E-state index contributed by atoms with van der Waals surface area (Å²) in [7, 11) is 4.07. The van der Waals surface area contributed by atoms with E-state index >= 15 is 0 Å². The molecule has 2 N–H and O–H groups in total. The third-order valence-corrected chi connectivity index (χ3v) is 3.22. The van der Waals surface area contributed by atoms with Crippen molar-refractivity contribution in [2.24, 2.45) is 5.92 Å². The highest BCUT2D eigenvalue weighted by Crippen LogP contribution is 2.21. The van der Waals surface area contributed by atoms with E-state index in [1.54, 1.807) is 12.1 Å². The predicted octanol–water partition coefficient (Wildman–Crippen LogP) is 2.20. The zero-order valence-electron chi connectivity index (χ0n) is 13.4. The van der Waals surface area contributed by atoms with E-state index in [1.807, 2.05) is 14.1 Å². The van der Waals surface area contributed by atoms with E-state index in [9.17, 15) is 10.1 Å². The summed E-state index contributed by atoms with van der Waals surface area (Å²) in [6, 6.07) is 4.65. The van der Waals surface area contributed by atoms with Crippen LogP contribution in [0, 0.1) is 16.0 Å². The molecule has 0 bridgehead atoms. The first-order chi connectivity index (χ1) is 9.79. The first-order valence-electron chi connectivity index (χ1n) is 7.19. The first-order valence-corrected chi connectivity index (χ1v) is 7.19. The Balaban J connectivity index is 2.85.